The lowest BCUT2D eigenvalue weighted by atomic mass is 10.4. The minimum atomic E-state index is -4.55. The molecule has 0 unspecified atom stereocenters. The number of alkyl halides is 3. The Morgan fingerprint density at radius 2 is 2.20 bits per heavy atom. The highest BCUT2D eigenvalue weighted by Gasteiger charge is 2.29. The van der Waals surface area contributed by atoms with Crippen molar-refractivity contribution in [1.29, 1.82) is 0 Å². The van der Waals surface area contributed by atoms with E-state index in [0.29, 0.717) is 5.82 Å². The average Bonchev–Trinajstić information content (AvgIpc) is 2.86. The zero-order chi connectivity index (χ0) is 14.8. The Hall–Kier alpha value is -2.10. The molecule has 0 bridgehead atoms. The van der Waals surface area contributed by atoms with E-state index >= 15 is 0 Å². The highest BCUT2D eigenvalue weighted by atomic mass is 35.5. The van der Waals surface area contributed by atoms with Crippen LogP contribution in [0.1, 0.15) is 5.82 Å². The van der Waals surface area contributed by atoms with E-state index in [1.54, 1.807) is 0 Å². The fraction of sp³-hybridized carbons (Fsp3) is 0.333. The third kappa shape index (κ3) is 3.47. The van der Waals surface area contributed by atoms with Gasteiger partial charge in [-0.2, -0.15) is 23.4 Å². The smallest absolute Gasteiger partial charge is 0.375 e. The van der Waals surface area contributed by atoms with Gasteiger partial charge in [-0.05, 0) is 0 Å². The predicted molar refractivity (Wildman–Crippen MR) is 63.3 cm³/mol. The van der Waals surface area contributed by atoms with Crippen molar-refractivity contribution in [2.24, 2.45) is 0 Å². The summed E-state index contributed by atoms with van der Waals surface area (Å²) in [5.41, 5.74) is -0.905. The first-order chi connectivity index (χ1) is 9.37. The first kappa shape index (κ1) is 14.3. The second-order valence-electron chi connectivity index (χ2n) is 3.74. The van der Waals surface area contributed by atoms with E-state index in [-0.39, 0.29) is 21.9 Å². The molecular formula is C9H8ClF3N6O. The zero-order valence-corrected chi connectivity index (χ0v) is 10.5. The topological polar surface area (TPSA) is 88.5 Å². The SMILES string of the molecule is O=c1c(Cl)c(NCc2ncn[nH]2)cnn1CC(F)(F)F. The molecule has 2 aromatic heterocycles. The van der Waals surface area contributed by atoms with Gasteiger partial charge < -0.3 is 5.32 Å². The van der Waals surface area contributed by atoms with E-state index in [2.05, 4.69) is 25.6 Å². The molecule has 108 valence electrons. The summed E-state index contributed by atoms with van der Waals surface area (Å²) in [4.78, 5) is 15.4. The minimum Gasteiger partial charge on any atom is -0.375 e. The molecule has 0 aromatic carbocycles. The number of H-pyrrole nitrogens is 1. The minimum absolute atomic E-state index is 0.117. The number of nitrogens with zero attached hydrogens (tertiary/aromatic N) is 4. The largest absolute Gasteiger partial charge is 0.408 e. The standard InChI is InChI=1S/C9H8ClF3N6O/c10-7-5(14-2-6-15-4-16-18-6)1-17-19(8(7)20)3-9(11,12)13/h1,4,14H,2-3H2,(H,15,16,18). The number of halogens is 4. The van der Waals surface area contributed by atoms with Crippen LogP contribution in [0.25, 0.3) is 0 Å². The molecule has 0 aliphatic rings. The third-order valence-electron chi connectivity index (χ3n) is 2.23. The number of aromatic nitrogens is 5. The summed E-state index contributed by atoms with van der Waals surface area (Å²) in [6, 6.07) is 0. The highest BCUT2D eigenvalue weighted by Crippen LogP contribution is 2.19. The molecule has 20 heavy (non-hydrogen) atoms. The van der Waals surface area contributed by atoms with Crippen LogP contribution in [-0.2, 0) is 13.1 Å². The van der Waals surface area contributed by atoms with Crippen molar-refractivity contribution in [2.75, 3.05) is 5.32 Å². The molecule has 0 amide bonds. The van der Waals surface area contributed by atoms with Gasteiger partial charge in [-0.25, -0.2) is 9.67 Å². The third-order valence-corrected chi connectivity index (χ3v) is 2.59. The molecule has 2 rings (SSSR count). The second-order valence-corrected chi connectivity index (χ2v) is 4.11. The van der Waals surface area contributed by atoms with Crippen LogP contribution in [0.5, 0.6) is 0 Å². The predicted octanol–water partition coefficient (Wildman–Crippen LogP) is 1.19. The van der Waals surface area contributed by atoms with Crippen molar-refractivity contribution in [2.45, 2.75) is 19.3 Å². The fourth-order valence-electron chi connectivity index (χ4n) is 1.37. The van der Waals surface area contributed by atoms with Gasteiger partial charge in [0.1, 0.15) is 23.7 Å². The molecule has 0 spiro atoms. The van der Waals surface area contributed by atoms with Crippen LogP contribution in [0.3, 0.4) is 0 Å². The fourth-order valence-corrected chi connectivity index (χ4v) is 1.58. The number of aromatic amines is 1. The maximum atomic E-state index is 12.2. The lowest BCUT2D eigenvalue weighted by Crippen LogP contribution is -2.30. The Balaban J connectivity index is 2.16. The molecule has 11 heteroatoms. The summed E-state index contributed by atoms with van der Waals surface area (Å²) in [7, 11) is 0. The van der Waals surface area contributed by atoms with E-state index in [1.165, 1.54) is 6.33 Å². The number of hydrogen-bond donors (Lipinski definition) is 2. The van der Waals surface area contributed by atoms with Crippen LogP contribution in [-0.4, -0.2) is 31.1 Å². The van der Waals surface area contributed by atoms with Crippen molar-refractivity contribution >= 4 is 17.3 Å². The molecule has 2 N–H and O–H groups in total. The van der Waals surface area contributed by atoms with Crippen LogP contribution in [0.2, 0.25) is 5.02 Å². The number of rotatable bonds is 4. The summed E-state index contributed by atoms with van der Waals surface area (Å²) in [6.07, 6.45) is -2.21. The number of hydrogen-bond acceptors (Lipinski definition) is 5. The molecule has 7 nitrogen and oxygen atoms in total. The van der Waals surface area contributed by atoms with Crippen LogP contribution in [0.15, 0.2) is 17.3 Å². The molecule has 0 saturated heterocycles. The monoisotopic (exact) mass is 308 g/mol. The summed E-state index contributed by atoms with van der Waals surface area (Å²) >= 11 is 5.72. The first-order valence-electron chi connectivity index (χ1n) is 5.27. The molecule has 2 aromatic rings. The number of anilines is 1. The molecule has 0 radical (unpaired) electrons. The second kappa shape index (κ2) is 5.49. The molecule has 0 aliphatic carbocycles. The van der Waals surface area contributed by atoms with Crippen LogP contribution < -0.4 is 10.9 Å². The van der Waals surface area contributed by atoms with Crippen molar-refractivity contribution in [3.63, 3.8) is 0 Å². The molecule has 0 aliphatic heterocycles. The van der Waals surface area contributed by atoms with Crippen molar-refractivity contribution in [3.8, 4) is 0 Å². The summed E-state index contributed by atoms with van der Waals surface area (Å²) < 4.78 is 36.9. The molecule has 0 saturated carbocycles. The van der Waals surface area contributed by atoms with Crippen LogP contribution >= 0.6 is 11.6 Å². The van der Waals surface area contributed by atoms with Crippen molar-refractivity contribution in [1.82, 2.24) is 25.0 Å². The zero-order valence-electron chi connectivity index (χ0n) is 9.78. The first-order valence-corrected chi connectivity index (χ1v) is 5.65. The number of nitrogens with one attached hydrogen (secondary N) is 2. The Kier molecular flexibility index (Phi) is 3.93. The highest BCUT2D eigenvalue weighted by molar-refractivity contribution is 6.32. The Labute approximate surface area is 114 Å². The van der Waals surface area contributed by atoms with E-state index in [0.717, 1.165) is 6.20 Å². The lowest BCUT2D eigenvalue weighted by molar-refractivity contribution is -0.143. The van der Waals surface area contributed by atoms with Gasteiger partial charge in [-0.15, -0.1) is 0 Å². The maximum absolute atomic E-state index is 12.2. The molecule has 2 heterocycles. The van der Waals surface area contributed by atoms with Crippen LogP contribution in [0.4, 0.5) is 18.9 Å². The Morgan fingerprint density at radius 1 is 1.45 bits per heavy atom. The molecular weight excluding hydrogens is 301 g/mol. The van der Waals surface area contributed by atoms with Gasteiger partial charge in [-0.3, -0.25) is 9.89 Å². The summed E-state index contributed by atoms with van der Waals surface area (Å²) in [5.74, 6) is 0.473. The van der Waals surface area contributed by atoms with E-state index in [4.69, 9.17) is 11.6 Å². The van der Waals surface area contributed by atoms with Gasteiger partial charge in [0, 0.05) is 0 Å². The van der Waals surface area contributed by atoms with Gasteiger partial charge in [0.2, 0.25) is 0 Å². The lowest BCUT2D eigenvalue weighted by Gasteiger charge is -2.11. The van der Waals surface area contributed by atoms with E-state index < -0.39 is 18.3 Å². The van der Waals surface area contributed by atoms with Gasteiger partial charge in [0.05, 0.1) is 18.4 Å². The van der Waals surface area contributed by atoms with Crippen molar-refractivity contribution in [3.05, 3.63) is 33.7 Å². The van der Waals surface area contributed by atoms with Gasteiger partial charge >= 0.3 is 6.18 Å². The van der Waals surface area contributed by atoms with Crippen LogP contribution in [0, 0.1) is 0 Å². The maximum Gasteiger partial charge on any atom is 0.408 e. The normalized spacial score (nSPS) is 11.6. The van der Waals surface area contributed by atoms with Crippen molar-refractivity contribution < 1.29 is 13.2 Å². The quantitative estimate of drug-likeness (QED) is 0.885. The average molecular weight is 309 g/mol. The van der Waals surface area contributed by atoms with E-state index in [9.17, 15) is 18.0 Å². The Morgan fingerprint density at radius 3 is 2.80 bits per heavy atom. The molecule has 0 atom stereocenters. The van der Waals surface area contributed by atoms with Gasteiger partial charge in [-0.1, -0.05) is 11.6 Å². The molecule has 0 fully saturated rings. The van der Waals surface area contributed by atoms with E-state index in [1.807, 2.05) is 0 Å². The summed E-state index contributed by atoms with van der Waals surface area (Å²) in [5, 5.41) is 11.9. The van der Waals surface area contributed by atoms with Gasteiger partial charge in [0.15, 0.2) is 0 Å². The van der Waals surface area contributed by atoms with Gasteiger partial charge in [0.25, 0.3) is 5.56 Å². The Bertz CT molecular complexity index is 638. The summed E-state index contributed by atoms with van der Waals surface area (Å²) in [6.45, 7) is -1.32.